The highest BCUT2D eigenvalue weighted by molar-refractivity contribution is 5.31. The first kappa shape index (κ1) is 17.0. The molecule has 3 heteroatoms. The average Bonchev–Trinajstić information content (AvgIpc) is 3.40. The van der Waals surface area contributed by atoms with Crippen LogP contribution in [0, 0.1) is 13.8 Å². The second-order valence-corrected chi connectivity index (χ2v) is 6.88. The highest BCUT2D eigenvalue weighted by Crippen LogP contribution is 2.28. The molecule has 1 aliphatic carbocycles. The maximum atomic E-state index is 10.4. The number of benzene rings is 2. The van der Waals surface area contributed by atoms with Gasteiger partial charge in [0.2, 0.25) is 0 Å². The van der Waals surface area contributed by atoms with Crippen molar-refractivity contribution in [2.24, 2.45) is 0 Å². The molecular formula is C21H27NO2. The highest BCUT2D eigenvalue weighted by atomic mass is 16.5. The summed E-state index contributed by atoms with van der Waals surface area (Å²) in [6.07, 6.45) is 1.99. The van der Waals surface area contributed by atoms with Crippen molar-refractivity contribution in [3.63, 3.8) is 0 Å². The van der Waals surface area contributed by atoms with Gasteiger partial charge in [-0.05, 0) is 43.9 Å². The van der Waals surface area contributed by atoms with Crippen LogP contribution in [0.4, 0.5) is 0 Å². The Labute approximate surface area is 144 Å². The molecule has 0 radical (unpaired) electrons. The SMILES string of the molecule is Cc1ccc(CN(C[C@@H](O)COc2ccccc2C)C2CC2)cc1. The van der Waals surface area contributed by atoms with E-state index in [9.17, 15) is 5.11 Å². The molecule has 0 heterocycles. The van der Waals surface area contributed by atoms with Gasteiger partial charge in [0.1, 0.15) is 18.5 Å². The van der Waals surface area contributed by atoms with Crippen LogP contribution in [0.1, 0.15) is 29.5 Å². The molecule has 3 nitrogen and oxygen atoms in total. The zero-order chi connectivity index (χ0) is 16.9. The van der Waals surface area contributed by atoms with E-state index in [4.69, 9.17) is 4.74 Å². The summed E-state index contributed by atoms with van der Waals surface area (Å²) >= 11 is 0. The Morgan fingerprint density at radius 1 is 1.08 bits per heavy atom. The van der Waals surface area contributed by atoms with Crippen molar-refractivity contribution in [3.05, 3.63) is 65.2 Å². The highest BCUT2D eigenvalue weighted by Gasteiger charge is 2.30. The lowest BCUT2D eigenvalue weighted by Gasteiger charge is -2.25. The van der Waals surface area contributed by atoms with Crippen molar-refractivity contribution in [3.8, 4) is 5.75 Å². The second-order valence-electron chi connectivity index (χ2n) is 6.88. The molecule has 0 bridgehead atoms. The van der Waals surface area contributed by atoms with Gasteiger partial charge in [0.25, 0.3) is 0 Å². The van der Waals surface area contributed by atoms with Crippen molar-refractivity contribution < 1.29 is 9.84 Å². The number of aliphatic hydroxyl groups is 1. The largest absolute Gasteiger partial charge is 0.491 e. The summed E-state index contributed by atoms with van der Waals surface area (Å²) in [5.41, 5.74) is 3.69. The lowest BCUT2D eigenvalue weighted by molar-refractivity contribution is 0.0624. The zero-order valence-electron chi connectivity index (χ0n) is 14.6. The van der Waals surface area contributed by atoms with E-state index in [-0.39, 0.29) is 0 Å². The average molecular weight is 325 g/mol. The number of rotatable bonds is 8. The predicted molar refractivity (Wildman–Crippen MR) is 97.3 cm³/mol. The van der Waals surface area contributed by atoms with Gasteiger partial charge in [-0.1, -0.05) is 48.0 Å². The van der Waals surface area contributed by atoms with E-state index in [2.05, 4.69) is 36.1 Å². The van der Waals surface area contributed by atoms with E-state index >= 15 is 0 Å². The molecule has 0 amide bonds. The zero-order valence-corrected chi connectivity index (χ0v) is 14.6. The number of aliphatic hydroxyl groups excluding tert-OH is 1. The normalized spacial score (nSPS) is 15.5. The maximum Gasteiger partial charge on any atom is 0.122 e. The molecule has 0 saturated heterocycles. The van der Waals surface area contributed by atoms with E-state index in [0.717, 1.165) is 17.9 Å². The lowest BCUT2D eigenvalue weighted by atomic mass is 10.1. The molecule has 0 unspecified atom stereocenters. The first-order chi connectivity index (χ1) is 11.6. The number of nitrogens with zero attached hydrogens (tertiary/aromatic N) is 1. The van der Waals surface area contributed by atoms with Crippen LogP contribution in [0.3, 0.4) is 0 Å². The standard InChI is InChI=1S/C21H27NO2/c1-16-7-9-18(10-8-16)13-22(19-11-12-19)14-20(23)15-24-21-6-4-3-5-17(21)2/h3-10,19-20,23H,11-15H2,1-2H3/t20-/m1/s1. The van der Waals surface area contributed by atoms with Gasteiger partial charge in [0, 0.05) is 19.1 Å². The third kappa shape index (κ3) is 4.83. The summed E-state index contributed by atoms with van der Waals surface area (Å²) in [6.45, 7) is 6.02. The molecule has 0 aliphatic heterocycles. The van der Waals surface area contributed by atoms with Gasteiger partial charge in [-0.2, -0.15) is 0 Å². The Morgan fingerprint density at radius 3 is 2.46 bits per heavy atom. The predicted octanol–water partition coefficient (Wildman–Crippen LogP) is 3.71. The molecule has 24 heavy (non-hydrogen) atoms. The quantitative estimate of drug-likeness (QED) is 0.803. The topological polar surface area (TPSA) is 32.7 Å². The Hall–Kier alpha value is -1.84. The molecule has 2 aromatic carbocycles. The molecule has 1 aliphatic rings. The minimum absolute atomic E-state index is 0.335. The summed E-state index contributed by atoms with van der Waals surface area (Å²) in [4.78, 5) is 2.39. The van der Waals surface area contributed by atoms with Crippen LogP contribution in [0.15, 0.2) is 48.5 Å². The maximum absolute atomic E-state index is 10.4. The summed E-state index contributed by atoms with van der Waals surface area (Å²) in [7, 11) is 0. The molecule has 3 rings (SSSR count). The molecule has 1 N–H and O–H groups in total. The Kier molecular flexibility index (Phi) is 5.54. The first-order valence-corrected chi connectivity index (χ1v) is 8.78. The van der Waals surface area contributed by atoms with Crippen LogP contribution >= 0.6 is 0 Å². The molecule has 1 atom stereocenters. The van der Waals surface area contributed by atoms with Crippen molar-refractivity contribution in [2.45, 2.75) is 45.4 Å². The number of hydrogen-bond acceptors (Lipinski definition) is 3. The van der Waals surface area contributed by atoms with E-state index in [1.54, 1.807) is 0 Å². The Bertz CT molecular complexity index is 649. The number of para-hydroxylation sites is 1. The molecule has 0 spiro atoms. The van der Waals surface area contributed by atoms with Crippen molar-refractivity contribution >= 4 is 0 Å². The van der Waals surface area contributed by atoms with Crippen LogP contribution in [0.5, 0.6) is 5.75 Å². The Morgan fingerprint density at radius 2 is 1.79 bits per heavy atom. The Balaban J connectivity index is 1.53. The van der Waals surface area contributed by atoms with Crippen LogP contribution in [-0.4, -0.2) is 35.3 Å². The molecule has 1 fully saturated rings. The van der Waals surface area contributed by atoms with Crippen LogP contribution in [0.2, 0.25) is 0 Å². The van der Waals surface area contributed by atoms with Gasteiger partial charge < -0.3 is 9.84 Å². The summed E-state index contributed by atoms with van der Waals surface area (Å²) < 4.78 is 5.79. The van der Waals surface area contributed by atoms with Crippen molar-refractivity contribution in [2.75, 3.05) is 13.2 Å². The summed E-state index contributed by atoms with van der Waals surface area (Å²) in [6, 6.07) is 17.2. The number of hydrogen-bond donors (Lipinski definition) is 1. The third-order valence-corrected chi connectivity index (χ3v) is 4.54. The molecular weight excluding hydrogens is 298 g/mol. The van der Waals surface area contributed by atoms with Crippen LogP contribution < -0.4 is 4.74 Å². The first-order valence-electron chi connectivity index (χ1n) is 8.78. The van der Waals surface area contributed by atoms with Gasteiger partial charge in [-0.15, -0.1) is 0 Å². The molecule has 0 aromatic heterocycles. The van der Waals surface area contributed by atoms with Gasteiger partial charge in [0.05, 0.1) is 0 Å². The van der Waals surface area contributed by atoms with Crippen molar-refractivity contribution in [1.82, 2.24) is 4.90 Å². The number of aryl methyl sites for hydroxylation is 2. The van der Waals surface area contributed by atoms with E-state index in [1.165, 1.54) is 24.0 Å². The minimum Gasteiger partial charge on any atom is -0.491 e. The smallest absolute Gasteiger partial charge is 0.122 e. The van der Waals surface area contributed by atoms with Gasteiger partial charge in [-0.25, -0.2) is 0 Å². The number of ether oxygens (including phenoxy) is 1. The summed E-state index contributed by atoms with van der Waals surface area (Å²) in [5, 5.41) is 10.4. The third-order valence-electron chi connectivity index (χ3n) is 4.54. The minimum atomic E-state index is -0.476. The fourth-order valence-electron chi connectivity index (χ4n) is 2.94. The van der Waals surface area contributed by atoms with Gasteiger partial charge in [0.15, 0.2) is 0 Å². The van der Waals surface area contributed by atoms with Crippen molar-refractivity contribution in [1.29, 1.82) is 0 Å². The second kappa shape index (κ2) is 7.82. The summed E-state index contributed by atoms with van der Waals surface area (Å²) in [5.74, 6) is 0.855. The molecule has 128 valence electrons. The molecule has 1 saturated carbocycles. The fourth-order valence-corrected chi connectivity index (χ4v) is 2.94. The van der Waals surface area contributed by atoms with E-state index < -0.39 is 6.10 Å². The van der Waals surface area contributed by atoms with Crippen LogP contribution in [-0.2, 0) is 6.54 Å². The van der Waals surface area contributed by atoms with Gasteiger partial charge in [-0.3, -0.25) is 4.90 Å². The van der Waals surface area contributed by atoms with Gasteiger partial charge >= 0.3 is 0 Å². The van der Waals surface area contributed by atoms with E-state index in [1.807, 2.05) is 31.2 Å². The van der Waals surface area contributed by atoms with Crippen LogP contribution in [0.25, 0.3) is 0 Å². The monoisotopic (exact) mass is 325 g/mol. The van der Waals surface area contributed by atoms with E-state index in [0.29, 0.717) is 19.2 Å². The molecule has 2 aromatic rings. The lowest BCUT2D eigenvalue weighted by Crippen LogP contribution is -2.36. The fraction of sp³-hybridized carbons (Fsp3) is 0.429.